The van der Waals surface area contributed by atoms with E-state index in [-0.39, 0.29) is 56.6 Å². The largest absolute Gasteiger partial charge is 0.441 e. The Kier molecular flexibility index (Phi) is 10.1. The van der Waals surface area contributed by atoms with Crippen LogP contribution in [0.15, 0.2) is 72.8 Å². The predicted molar refractivity (Wildman–Crippen MR) is 191 cm³/mol. The molecule has 3 aliphatic heterocycles. The average molecular weight is 731 g/mol. The molecule has 0 aliphatic carbocycles. The first kappa shape index (κ1) is 36.8. The number of benzene rings is 3. The molecule has 0 radical (unpaired) electrons. The van der Waals surface area contributed by atoms with Crippen molar-refractivity contribution >= 4 is 49.1 Å². The van der Waals surface area contributed by atoms with Gasteiger partial charge in [0.2, 0.25) is 11.8 Å². The second kappa shape index (κ2) is 14.2. The van der Waals surface area contributed by atoms with E-state index in [1.54, 1.807) is 44.3 Å². The highest BCUT2D eigenvalue weighted by atomic mass is 28.4. The molecule has 0 aromatic heterocycles. The van der Waals surface area contributed by atoms with Gasteiger partial charge < -0.3 is 29.2 Å². The van der Waals surface area contributed by atoms with Crippen molar-refractivity contribution in [1.82, 2.24) is 4.90 Å². The molecule has 3 aromatic carbocycles. The fourth-order valence-corrected chi connectivity index (χ4v) is 10.5. The van der Waals surface area contributed by atoms with Gasteiger partial charge in [-0.2, -0.15) is 0 Å². The predicted octanol–water partition coefficient (Wildman–Crippen LogP) is 3.98. The van der Waals surface area contributed by atoms with Crippen LogP contribution in [0.3, 0.4) is 0 Å². The lowest BCUT2D eigenvalue weighted by Crippen LogP contribution is -2.54. The lowest BCUT2D eigenvalue weighted by Gasteiger charge is -2.39. The molecule has 2 saturated heterocycles. The summed E-state index contributed by atoms with van der Waals surface area (Å²) in [5.41, 5.74) is 0.198. The van der Waals surface area contributed by atoms with Gasteiger partial charge in [-0.15, -0.1) is 0 Å². The van der Waals surface area contributed by atoms with Gasteiger partial charge in [0.15, 0.2) is 20.1 Å². The maximum Gasteiger partial charge on any atom is 0.304 e. The van der Waals surface area contributed by atoms with Crippen LogP contribution in [-0.4, -0.2) is 77.2 Å². The van der Waals surface area contributed by atoms with Crippen LogP contribution in [-0.2, 0) is 47.3 Å². The molecule has 1 unspecified atom stereocenters. The lowest BCUT2D eigenvalue weighted by atomic mass is 9.82. The zero-order valence-corrected chi connectivity index (χ0v) is 30.4. The maximum absolute atomic E-state index is 14.8. The molecule has 0 saturated carbocycles. The summed E-state index contributed by atoms with van der Waals surface area (Å²) in [7, 11) is -3.17. The number of esters is 1. The fraction of sp³-hybridized carbons (Fsp3) is 0.405. The Labute approximate surface area is 301 Å². The third kappa shape index (κ3) is 6.72. The molecule has 2 N–H and O–H groups in total. The first-order chi connectivity index (χ1) is 24.6. The maximum atomic E-state index is 14.8. The van der Waals surface area contributed by atoms with E-state index in [1.165, 1.54) is 39.8 Å². The van der Waals surface area contributed by atoms with Crippen molar-refractivity contribution < 1.29 is 43.5 Å². The number of hydrogen-bond donors (Lipinski definition) is 2. The molecule has 3 aromatic rings. The van der Waals surface area contributed by atoms with Crippen molar-refractivity contribution in [2.24, 2.45) is 5.92 Å². The summed E-state index contributed by atoms with van der Waals surface area (Å²) in [4.78, 5) is 80.0. The first-order valence-electron chi connectivity index (χ1n) is 17.2. The summed E-state index contributed by atoms with van der Waals surface area (Å²) in [5, 5.41) is 21.8. The van der Waals surface area contributed by atoms with E-state index in [2.05, 4.69) is 0 Å². The summed E-state index contributed by atoms with van der Waals surface area (Å²) in [6.45, 7) is 6.63. The third-order valence-electron chi connectivity index (χ3n) is 10.3. The summed E-state index contributed by atoms with van der Waals surface area (Å²) in [5.74, 6) is -2.17. The number of ether oxygens (including phenoxy) is 2. The van der Waals surface area contributed by atoms with Gasteiger partial charge >= 0.3 is 5.97 Å². The Morgan fingerprint density at radius 2 is 1.77 bits per heavy atom. The van der Waals surface area contributed by atoms with Crippen molar-refractivity contribution in [2.75, 3.05) is 23.0 Å². The van der Waals surface area contributed by atoms with E-state index in [1.807, 2.05) is 30.3 Å². The van der Waals surface area contributed by atoms with Crippen molar-refractivity contribution in [3.63, 3.8) is 0 Å². The molecule has 3 aliphatic rings. The summed E-state index contributed by atoms with van der Waals surface area (Å²) in [6, 6.07) is 20.4. The van der Waals surface area contributed by atoms with Crippen molar-refractivity contribution in [2.45, 2.75) is 76.3 Å². The number of amides is 3. The van der Waals surface area contributed by atoms with E-state index in [4.69, 9.17) is 9.47 Å². The second-order valence-electron chi connectivity index (χ2n) is 14.1. The summed E-state index contributed by atoms with van der Waals surface area (Å²) < 4.78 is 12.0. The number of aliphatic hydroxyl groups excluding tert-OH is 1. The van der Waals surface area contributed by atoms with E-state index < -0.39 is 54.5 Å². The number of rotatable bonds is 12. The molecule has 3 amide bonds. The topological polar surface area (TPSA) is 180 Å². The van der Waals surface area contributed by atoms with Crippen molar-refractivity contribution in [1.29, 1.82) is 0 Å². The number of carbonyl (C=O) groups is 4. The Balaban J connectivity index is 1.32. The number of nitro groups is 1. The number of fused-ring (bicyclic) bond motifs is 2. The number of aliphatic hydroxyl groups is 1. The van der Waals surface area contributed by atoms with E-state index in [0.29, 0.717) is 22.5 Å². The molecule has 6 rings (SSSR count). The number of β-lactam (4-membered cyclic amide) rings is 1. The molecule has 0 bridgehead atoms. The van der Waals surface area contributed by atoms with Gasteiger partial charge in [-0.3, -0.25) is 34.2 Å². The smallest absolute Gasteiger partial charge is 0.304 e. The van der Waals surface area contributed by atoms with Crippen molar-refractivity contribution in [3.05, 3.63) is 99.6 Å². The lowest BCUT2D eigenvalue weighted by molar-refractivity contribution is -0.385. The molecule has 2 fully saturated rings. The molecule has 14 nitrogen and oxygen atoms in total. The molecular formula is C37H42N4O10Si. The Hall–Kier alpha value is -4.96. The SMILES string of the molecule is CC(=O)OC1CC(=O)N1c1ccc(CN2C(=O)[C@@]3(O[C@@H](CC(=O)N(CCO)Cc4ccccc4)[C@H]([Si](C)(C)O)[C@H]3C)c3cc([N+](=O)[O-])ccc32)cc1. The van der Waals surface area contributed by atoms with Gasteiger partial charge in [0.25, 0.3) is 11.6 Å². The highest BCUT2D eigenvalue weighted by molar-refractivity contribution is 6.71. The van der Waals surface area contributed by atoms with Crippen LogP contribution in [0, 0.1) is 16.0 Å². The number of non-ortho nitro benzene ring substituents is 1. The summed E-state index contributed by atoms with van der Waals surface area (Å²) >= 11 is 0. The zero-order chi connectivity index (χ0) is 37.5. The standard InChI is InChI=1S/C37H42N4O10Si/c1-23-35(52(3,4)49)31(19-32(44)38(16-17-42)21-25-8-6-5-7-9-25)51-37(23)29-18-28(41(47)48)14-15-30(29)39(36(37)46)22-26-10-12-27(13-11-26)40-33(45)20-34(40)50-24(2)43/h5-15,18,23,31,34-35,42,49H,16-17,19-22H2,1-4H3/t23-,31+,34?,35-,37+/m1/s1. The van der Waals surface area contributed by atoms with E-state index >= 15 is 0 Å². The summed E-state index contributed by atoms with van der Waals surface area (Å²) in [6.07, 6.45) is -1.69. The Morgan fingerprint density at radius 3 is 2.37 bits per heavy atom. The van der Waals surface area contributed by atoms with Crippen LogP contribution in [0.2, 0.25) is 18.6 Å². The van der Waals surface area contributed by atoms with Gasteiger partial charge in [-0.1, -0.05) is 49.4 Å². The number of hydrogen-bond acceptors (Lipinski definition) is 10. The quantitative estimate of drug-likeness (QED) is 0.0910. The Morgan fingerprint density at radius 1 is 1.08 bits per heavy atom. The van der Waals surface area contributed by atoms with Gasteiger partial charge in [0.1, 0.15) is 0 Å². The second-order valence-corrected chi connectivity index (χ2v) is 18.1. The first-order valence-corrected chi connectivity index (χ1v) is 20.2. The number of anilines is 2. The van der Waals surface area contributed by atoms with Crippen LogP contribution < -0.4 is 9.80 Å². The molecule has 274 valence electrons. The minimum atomic E-state index is -3.17. The minimum Gasteiger partial charge on any atom is -0.441 e. The van der Waals surface area contributed by atoms with Gasteiger partial charge in [0.05, 0.1) is 42.7 Å². The van der Waals surface area contributed by atoms with Crippen LogP contribution in [0.25, 0.3) is 0 Å². The third-order valence-corrected chi connectivity index (χ3v) is 12.8. The van der Waals surface area contributed by atoms with Crippen LogP contribution in [0.5, 0.6) is 0 Å². The Bertz CT molecular complexity index is 1890. The molecule has 3 heterocycles. The molecular weight excluding hydrogens is 689 g/mol. The number of carbonyl (C=O) groups excluding carboxylic acids is 4. The van der Waals surface area contributed by atoms with Gasteiger partial charge in [-0.05, 0) is 42.4 Å². The monoisotopic (exact) mass is 730 g/mol. The molecule has 52 heavy (non-hydrogen) atoms. The zero-order valence-electron chi connectivity index (χ0n) is 29.4. The van der Waals surface area contributed by atoms with Crippen LogP contribution in [0.1, 0.15) is 43.4 Å². The highest BCUT2D eigenvalue weighted by Crippen LogP contribution is 2.60. The highest BCUT2D eigenvalue weighted by Gasteiger charge is 2.66. The fourth-order valence-electron chi connectivity index (χ4n) is 7.98. The van der Waals surface area contributed by atoms with Gasteiger partial charge in [0, 0.05) is 54.9 Å². The number of nitro benzene ring substituents is 1. The van der Waals surface area contributed by atoms with Gasteiger partial charge in [-0.25, -0.2) is 0 Å². The van der Waals surface area contributed by atoms with Crippen molar-refractivity contribution in [3.8, 4) is 0 Å². The van der Waals surface area contributed by atoms with Crippen LogP contribution >= 0.6 is 0 Å². The normalized spacial score (nSPS) is 23.8. The minimum absolute atomic E-state index is 0.0542. The number of nitrogens with zero attached hydrogens (tertiary/aromatic N) is 4. The molecule has 5 atom stereocenters. The molecule has 1 spiro atoms. The molecule has 15 heteroatoms. The average Bonchev–Trinajstić information content (AvgIpc) is 3.51. The van der Waals surface area contributed by atoms with E-state index in [9.17, 15) is 39.2 Å². The van der Waals surface area contributed by atoms with Crippen LogP contribution in [0.4, 0.5) is 17.1 Å². The van der Waals surface area contributed by atoms with E-state index in [0.717, 1.165) is 5.56 Å².